The number of piperidine rings is 1. The van der Waals surface area contributed by atoms with Crippen LogP contribution in [0, 0.1) is 0 Å². The van der Waals surface area contributed by atoms with E-state index in [1.165, 1.54) is 19.3 Å². The molecular weight excluding hydrogens is 284 g/mol. The first-order valence-electron chi connectivity index (χ1n) is 8.22. The number of aliphatic carboxylic acids is 1. The Labute approximate surface area is 133 Å². The van der Waals surface area contributed by atoms with Crippen LogP contribution in [-0.2, 0) is 9.53 Å². The molecule has 1 rings (SSSR count). The van der Waals surface area contributed by atoms with Crippen molar-refractivity contribution in [2.24, 2.45) is 0 Å². The molecular formula is C16H30N2O4. The highest BCUT2D eigenvalue weighted by Gasteiger charge is 2.23. The zero-order valence-corrected chi connectivity index (χ0v) is 14.1. The van der Waals surface area contributed by atoms with E-state index in [0.717, 1.165) is 32.5 Å². The van der Waals surface area contributed by atoms with Gasteiger partial charge < -0.3 is 20.1 Å². The van der Waals surface area contributed by atoms with Crippen molar-refractivity contribution in [3.63, 3.8) is 0 Å². The lowest BCUT2D eigenvalue weighted by Gasteiger charge is -2.26. The monoisotopic (exact) mass is 314 g/mol. The van der Waals surface area contributed by atoms with Crippen molar-refractivity contribution >= 4 is 12.1 Å². The normalized spacial score (nSPS) is 17.8. The number of carboxylic acid groups (broad SMARTS) is 1. The van der Waals surface area contributed by atoms with Gasteiger partial charge in [-0.3, -0.25) is 0 Å². The molecule has 6 heteroatoms. The number of likely N-dealkylation sites (tertiary alicyclic amines) is 1. The third-order valence-electron chi connectivity index (χ3n) is 3.65. The smallest absolute Gasteiger partial charge is 0.408 e. The summed E-state index contributed by atoms with van der Waals surface area (Å²) in [6, 6.07) is -0.879. The lowest BCUT2D eigenvalue weighted by Crippen LogP contribution is -2.43. The highest BCUT2D eigenvalue weighted by Crippen LogP contribution is 2.11. The molecule has 1 aliphatic heterocycles. The summed E-state index contributed by atoms with van der Waals surface area (Å²) < 4.78 is 5.10. The minimum atomic E-state index is -1.01. The fourth-order valence-electron chi connectivity index (χ4n) is 2.57. The summed E-state index contributed by atoms with van der Waals surface area (Å²) in [6.07, 6.45) is 5.34. The van der Waals surface area contributed by atoms with Crippen molar-refractivity contribution in [3.8, 4) is 0 Å². The molecule has 0 aromatic carbocycles. The number of rotatable bonds is 7. The molecule has 1 amide bonds. The molecule has 128 valence electrons. The number of ether oxygens (including phenoxy) is 1. The SMILES string of the molecule is CC(C)(C)OC(=O)N[C@H](CCCCN1CCCCC1)C(=O)O. The van der Waals surface area contributed by atoms with Gasteiger partial charge in [0.05, 0.1) is 0 Å². The first-order chi connectivity index (χ1) is 10.3. The van der Waals surface area contributed by atoms with E-state index in [9.17, 15) is 14.7 Å². The Kier molecular flexibility index (Phi) is 7.65. The Morgan fingerprint density at radius 1 is 1.18 bits per heavy atom. The Bertz CT molecular complexity index is 360. The highest BCUT2D eigenvalue weighted by atomic mass is 16.6. The van der Waals surface area contributed by atoms with Gasteiger partial charge in [-0.2, -0.15) is 0 Å². The second-order valence-corrected chi connectivity index (χ2v) is 6.94. The summed E-state index contributed by atoms with van der Waals surface area (Å²) in [4.78, 5) is 25.3. The molecule has 1 aliphatic rings. The van der Waals surface area contributed by atoms with E-state index in [1.807, 2.05) is 0 Å². The molecule has 1 heterocycles. The molecule has 0 spiro atoms. The van der Waals surface area contributed by atoms with Gasteiger partial charge in [0.1, 0.15) is 11.6 Å². The van der Waals surface area contributed by atoms with Crippen molar-refractivity contribution in [1.29, 1.82) is 0 Å². The average Bonchev–Trinajstić information content (AvgIpc) is 2.41. The predicted octanol–water partition coefficient (Wildman–Crippen LogP) is 2.62. The number of nitrogens with zero attached hydrogens (tertiary/aromatic N) is 1. The number of hydrogen-bond donors (Lipinski definition) is 2. The number of carboxylic acids is 1. The van der Waals surface area contributed by atoms with Crippen molar-refractivity contribution in [2.45, 2.75) is 70.9 Å². The summed E-state index contributed by atoms with van der Waals surface area (Å²) >= 11 is 0. The van der Waals surface area contributed by atoms with Crippen LogP contribution in [0.4, 0.5) is 4.79 Å². The summed E-state index contributed by atoms with van der Waals surface area (Å²) in [6.45, 7) is 8.57. The maximum absolute atomic E-state index is 11.6. The maximum atomic E-state index is 11.6. The third kappa shape index (κ3) is 8.22. The van der Waals surface area contributed by atoms with Crippen molar-refractivity contribution < 1.29 is 19.4 Å². The van der Waals surface area contributed by atoms with E-state index in [0.29, 0.717) is 6.42 Å². The van der Waals surface area contributed by atoms with Crippen LogP contribution in [0.25, 0.3) is 0 Å². The van der Waals surface area contributed by atoms with E-state index in [1.54, 1.807) is 20.8 Å². The standard InChI is InChI=1S/C16H30N2O4/c1-16(2,3)22-15(21)17-13(14(19)20)9-5-8-12-18-10-6-4-7-11-18/h13H,4-12H2,1-3H3,(H,17,21)(H,19,20)/t13-/m1/s1. The molecule has 0 aromatic rings. The quantitative estimate of drug-likeness (QED) is 0.706. The van der Waals surface area contributed by atoms with Crippen molar-refractivity contribution in [2.75, 3.05) is 19.6 Å². The Morgan fingerprint density at radius 2 is 1.82 bits per heavy atom. The van der Waals surface area contributed by atoms with E-state index < -0.39 is 23.7 Å². The van der Waals surface area contributed by atoms with Crippen molar-refractivity contribution in [1.82, 2.24) is 10.2 Å². The van der Waals surface area contributed by atoms with E-state index in [2.05, 4.69) is 10.2 Å². The van der Waals surface area contributed by atoms with Gasteiger partial charge in [0.25, 0.3) is 0 Å². The predicted molar refractivity (Wildman–Crippen MR) is 84.9 cm³/mol. The Morgan fingerprint density at radius 3 is 2.36 bits per heavy atom. The maximum Gasteiger partial charge on any atom is 0.408 e. The van der Waals surface area contributed by atoms with E-state index >= 15 is 0 Å². The van der Waals surface area contributed by atoms with Crippen LogP contribution in [0.3, 0.4) is 0 Å². The number of hydrogen-bond acceptors (Lipinski definition) is 4. The fourth-order valence-corrected chi connectivity index (χ4v) is 2.57. The molecule has 1 saturated heterocycles. The summed E-state index contributed by atoms with van der Waals surface area (Å²) in [5, 5.41) is 11.6. The minimum Gasteiger partial charge on any atom is -0.480 e. The van der Waals surface area contributed by atoms with Crippen LogP contribution in [-0.4, -0.2) is 53.3 Å². The molecule has 2 N–H and O–H groups in total. The van der Waals surface area contributed by atoms with Crippen LogP contribution >= 0.6 is 0 Å². The molecule has 1 atom stereocenters. The first kappa shape index (κ1) is 18.7. The lowest BCUT2D eigenvalue weighted by atomic mass is 10.1. The van der Waals surface area contributed by atoms with Gasteiger partial charge in [-0.05, 0) is 72.5 Å². The highest BCUT2D eigenvalue weighted by molar-refractivity contribution is 5.79. The molecule has 0 saturated carbocycles. The van der Waals surface area contributed by atoms with Gasteiger partial charge in [-0.25, -0.2) is 9.59 Å². The summed E-state index contributed by atoms with van der Waals surface area (Å²) in [7, 11) is 0. The molecule has 0 aliphatic carbocycles. The summed E-state index contributed by atoms with van der Waals surface area (Å²) in [5.74, 6) is -1.01. The van der Waals surface area contributed by atoms with Gasteiger partial charge >= 0.3 is 12.1 Å². The topological polar surface area (TPSA) is 78.9 Å². The molecule has 22 heavy (non-hydrogen) atoms. The van der Waals surface area contributed by atoms with Gasteiger partial charge in [0.2, 0.25) is 0 Å². The van der Waals surface area contributed by atoms with Crippen LogP contribution in [0.5, 0.6) is 0 Å². The van der Waals surface area contributed by atoms with Gasteiger partial charge in [0, 0.05) is 0 Å². The second kappa shape index (κ2) is 8.98. The number of carbonyl (C=O) groups excluding carboxylic acids is 1. The van der Waals surface area contributed by atoms with Gasteiger partial charge in [-0.15, -0.1) is 0 Å². The van der Waals surface area contributed by atoms with Gasteiger partial charge in [-0.1, -0.05) is 6.42 Å². The van der Waals surface area contributed by atoms with Crippen molar-refractivity contribution in [3.05, 3.63) is 0 Å². The first-order valence-corrected chi connectivity index (χ1v) is 8.22. The molecule has 0 radical (unpaired) electrons. The van der Waals surface area contributed by atoms with Gasteiger partial charge in [0.15, 0.2) is 0 Å². The molecule has 0 aromatic heterocycles. The molecule has 0 bridgehead atoms. The largest absolute Gasteiger partial charge is 0.480 e. The number of unbranched alkanes of at least 4 members (excludes halogenated alkanes) is 1. The average molecular weight is 314 g/mol. The van der Waals surface area contributed by atoms with Crippen LogP contribution in [0.2, 0.25) is 0 Å². The fraction of sp³-hybridized carbons (Fsp3) is 0.875. The minimum absolute atomic E-state index is 0.433. The number of carbonyl (C=O) groups is 2. The summed E-state index contributed by atoms with van der Waals surface area (Å²) in [5.41, 5.74) is -0.624. The van der Waals surface area contributed by atoms with Crippen LogP contribution in [0.1, 0.15) is 59.3 Å². The molecule has 1 fully saturated rings. The number of alkyl carbamates (subject to hydrolysis) is 1. The lowest BCUT2D eigenvalue weighted by molar-refractivity contribution is -0.139. The molecule has 0 unspecified atom stereocenters. The van der Waals surface area contributed by atoms with E-state index in [-0.39, 0.29) is 0 Å². The Balaban J connectivity index is 2.25. The van der Waals surface area contributed by atoms with Crippen LogP contribution in [0.15, 0.2) is 0 Å². The third-order valence-corrected chi connectivity index (χ3v) is 3.65. The zero-order chi connectivity index (χ0) is 16.6. The van der Waals surface area contributed by atoms with Crippen LogP contribution < -0.4 is 5.32 Å². The molecule has 6 nitrogen and oxygen atoms in total. The number of amides is 1. The zero-order valence-electron chi connectivity index (χ0n) is 14.1. The number of nitrogens with one attached hydrogen (secondary N) is 1. The Hall–Kier alpha value is -1.30. The second-order valence-electron chi connectivity index (χ2n) is 6.94. The van der Waals surface area contributed by atoms with E-state index in [4.69, 9.17) is 4.74 Å².